The average molecular weight is 308 g/mol. The molecule has 0 spiro atoms. The molecule has 0 radical (unpaired) electrons. The Kier molecular flexibility index (Phi) is 5.16. The van der Waals surface area contributed by atoms with Gasteiger partial charge in [-0.25, -0.2) is 8.78 Å². The van der Waals surface area contributed by atoms with Crippen LogP contribution in [0.25, 0.3) is 0 Å². The van der Waals surface area contributed by atoms with E-state index in [0.717, 1.165) is 18.2 Å². The van der Waals surface area contributed by atoms with Gasteiger partial charge in [-0.15, -0.1) is 0 Å². The van der Waals surface area contributed by atoms with Crippen molar-refractivity contribution >= 4 is 0 Å². The Bertz CT molecular complexity index is 449. The van der Waals surface area contributed by atoms with Gasteiger partial charge in [0.2, 0.25) is 0 Å². The Morgan fingerprint density at radius 3 is 2.14 bits per heavy atom. The van der Waals surface area contributed by atoms with Gasteiger partial charge in [-0.05, 0) is 24.1 Å². The summed E-state index contributed by atoms with van der Waals surface area (Å²) in [5, 5.41) is 3.10. The van der Waals surface area contributed by atoms with Crippen LogP contribution in [-0.2, 0) is 0 Å². The molecule has 0 aromatic heterocycles. The van der Waals surface area contributed by atoms with Gasteiger partial charge >= 0.3 is 6.18 Å². The lowest BCUT2D eigenvalue weighted by Gasteiger charge is -2.35. The number of hydrogen-bond donors (Lipinski definition) is 1. The molecule has 118 valence electrons. The maximum Gasteiger partial charge on any atom is 0.389 e. The molecule has 1 aliphatic rings. The lowest BCUT2D eigenvalue weighted by atomic mass is 9.99. The van der Waals surface area contributed by atoms with E-state index >= 15 is 0 Å². The summed E-state index contributed by atoms with van der Waals surface area (Å²) in [4.78, 5) is 1.84. The van der Waals surface area contributed by atoms with Crippen LogP contribution in [0.5, 0.6) is 0 Å². The van der Waals surface area contributed by atoms with Crippen molar-refractivity contribution in [3.63, 3.8) is 0 Å². The van der Waals surface area contributed by atoms with Gasteiger partial charge in [-0.1, -0.05) is 0 Å². The fourth-order valence-corrected chi connectivity index (χ4v) is 2.62. The lowest BCUT2D eigenvalue weighted by molar-refractivity contribution is -0.138. The molecular formula is C14H17F5N2. The average Bonchev–Trinajstić information content (AvgIpc) is 2.37. The van der Waals surface area contributed by atoms with E-state index in [4.69, 9.17) is 0 Å². The fraction of sp³-hybridized carbons (Fsp3) is 0.571. The molecule has 1 saturated heterocycles. The maximum absolute atomic E-state index is 13.3. The van der Waals surface area contributed by atoms with Crippen molar-refractivity contribution in [1.82, 2.24) is 10.2 Å². The monoisotopic (exact) mass is 308 g/mol. The lowest BCUT2D eigenvalue weighted by Crippen LogP contribution is -2.45. The highest BCUT2D eigenvalue weighted by Crippen LogP contribution is 2.32. The second-order valence-corrected chi connectivity index (χ2v) is 5.16. The molecule has 0 amide bonds. The molecule has 2 rings (SSSR count). The second kappa shape index (κ2) is 6.70. The Morgan fingerprint density at radius 2 is 1.62 bits per heavy atom. The zero-order chi connectivity index (χ0) is 15.5. The summed E-state index contributed by atoms with van der Waals surface area (Å²) in [5.41, 5.74) is 0.263. The van der Waals surface area contributed by atoms with Gasteiger partial charge in [0.1, 0.15) is 11.6 Å². The number of alkyl halides is 3. The molecule has 1 aliphatic heterocycles. The van der Waals surface area contributed by atoms with Crippen LogP contribution in [0.15, 0.2) is 18.2 Å². The summed E-state index contributed by atoms with van der Waals surface area (Å²) in [6, 6.07) is 2.33. The summed E-state index contributed by atoms with van der Waals surface area (Å²) in [6.07, 6.45) is -5.45. The zero-order valence-corrected chi connectivity index (χ0v) is 11.4. The highest BCUT2D eigenvalue weighted by Gasteiger charge is 2.31. The third-order valence-electron chi connectivity index (χ3n) is 3.56. The van der Waals surface area contributed by atoms with Gasteiger partial charge in [0.05, 0.1) is 0 Å². The number of benzene rings is 1. The van der Waals surface area contributed by atoms with Crippen LogP contribution in [0.1, 0.15) is 24.4 Å². The highest BCUT2D eigenvalue weighted by molar-refractivity contribution is 5.22. The van der Waals surface area contributed by atoms with Crippen molar-refractivity contribution in [1.29, 1.82) is 0 Å². The van der Waals surface area contributed by atoms with Crippen molar-refractivity contribution in [3.8, 4) is 0 Å². The van der Waals surface area contributed by atoms with Crippen LogP contribution < -0.4 is 5.32 Å². The standard InChI is InChI=1S/C14H17F5N2/c15-11-7-10(8-12(16)9-11)13(1-2-14(17,18)19)21-5-3-20-4-6-21/h7-9,13,20H,1-6H2/t13-/m1/s1. The summed E-state index contributed by atoms with van der Waals surface area (Å²) >= 11 is 0. The van der Waals surface area contributed by atoms with E-state index in [1.54, 1.807) is 0 Å². The van der Waals surface area contributed by atoms with Crippen LogP contribution in [0.3, 0.4) is 0 Å². The first-order chi connectivity index (χ1) is 9.85. The first kappa shape index (κ1) is 16.2. The number of halogens is 5. The van der Waals surface area contributed by atoms with E-state index < -0.39 is 30.3 Å². The number of hydrogen-bond acceptors (Lipinski definition) is 2. The third kappa shape index (κ3) is 4.93. The van der Waals surface area contributed by atoms with Crippen molar-refractivity contribution in [3.05, 3.63) is 35.4 Å². The van der Waals surface area contributed by atoms with Crippen molar-refractivity contribution in [2.75, 3.05) is 26.2 Å². The van der Waals surface area contributed by atoms with Gasteiger partial charge in [-0.3, -0.25) is 4.90 Å². The molecule has 1 aromatic carbocycles. The first-order valence-corrected chi connectivity index (χ1v) is 6.83. The Morgan fingerprint density at radius 1 is 1.05 bits per heavy atom. The van der Waals surface area contributed by atoms with E-state index in [1.807, 2.05) is 4.90 Å². The molecule has 21 heavy (non-hydrogen) atoms. The minimum Gasteiger partial charge on any atom is -0.314 e. The highest BCUT2D eigenvalue weighted by atomic mass is 19.4. The van der Waals surface area contributed by atoms with Gasteiger partial charge in [0, 0.05) is 44.7 Å². The molecule has 1 aromatic rings. The summed E-state index contributed by atoms with van der Waals surface area (Å²) in [6.45, 7) is 2.42. The van der Waals surface area contributed by atoms with E-state index in [-0.39, 0.29) is 12.0 Å². The topological polar surface area (TPSA) is 15.3 Å². The third-order valence-corrected chi connectivity index (χ3v) is 3.56. The van der Waals surface area contributed by atoms with Gasteiger partial charge in [0.15, 0.2) is 0 Å². The molecule has 2 nitrogen and oxygen atoms in total. The molecule has 1 atom stereocenters. The quantitative estimate of drug-likeness (QED) is 0.859. The largest absolute Gasteiger partial charge is 0.389 e. The first-order valence-electron chi connectivity index (χ1n) is 6.83. The summed E-state index contributed by atoms with van der Waals surface area (Å²) in [7, 11) is 0. The number of nitrogens with zero attached hydrogens (tertiary/aromatic N) is 1. The fourth-order valence-electron chi connectivity index (χ4n) is 2.62. The maximum atomic E-state index is 13.3. The molecular weight excluding hydrogens is 291 g/mol. The van der Waals surface area contributed by atoms with E-state index in [0.29, 0.717) is 26.2 Å². The van der Waals surface area contributed by atoms with Gasteiger partial charge in [0.25, 0.3) is 0 Å². The minimum atomic E-state index is -4.28. The van der Waals surface area contributed by atoms with E-state index in [2.05, 4.69) is 5.32 Å². The Balaban J connectivity index is 2.21. The molecule has 0 bridgehead atoms. The van der Waals surface area contributed by atoms with Crippen LogP contribution in [-0.4, -0.2) is 37.3 Å². The SMILES string of the molecule is Fc1cc(F)cc([C@@H](CCC(F)(F)F)N2CCNCC2)c1. The van der Waals surface area contributed by atoms with E-state index in [1.165, 1.54) is 0 Å². The molecule has 0 saturated carbocycles. The summed E-state index contributed by atoms with van der Waals surface area (Å²) < 4.78 is 64.1. The van der Waals surface area contributed by atoms with Gasteiger partial charge < -0.3 is 5.32 Å². The molecule has 1 fully saturated rings. The second-order valence-electron chi connectivity index (χ2n) is 5.16. The number of nitrogens with one attached hydrogen (secondary N) is 1. The summed E-state index contributed by atoms with van der Waals surface area (Å²) in [5.74, 6) is -1.53. The van der Waals surface area contributed by atoms with Crippen LogP contribution in [0, 0.1) is 11.6 Å². The van der Waals surface area contributed by atoms with E-state index in [9.17, 15) is 22.0 Å². The molecule has 0 unspecified atom stereocenters. The smallest absolute Gasteiger partial charge is 0.314 e. The van der Waals surface area contributed by atoms with Crippen LogP contribution >= 0.6 is 0 Å². The van der Waals surface area contributed by atoms with Crippen LogP contribution in [0.2, 0.25) is 0 Å². The molecule has 1 heterocycles. The normalized spacial score (nSPS) is 18.7. The number of piperazine rings is 1. The predicted octanol–water partition coefficient (Wildman–Crippen LogP) is 3.25. The van der Waals surface area contributed by atoms with Crippen molar-refractivity contribution in [2.45, 2.75) is 25.1 Å². The van der Waals surface area contributed by atoms with Crippen molar-refractivity contribution in [2.24, 2.45) is 0 Å². The molecule has 7 heteroatoms. The zero-order valence-electron chi connectivity index (χ0n) is 11.4. The molecule has 0 aliphatic carbocycles. The van der Waals surface area contributed by atoms with Crippen LogP contribution in [0.4, 0.5) is 22.0 Å². The Hall–Kier alpha value is -1.21. The van der Waals surface area contributed by atoms with Crippen molar-refractivity contribution < 1.29 is 22.0 Å². The predicted molar refractivity (Wildman–Crippen MR) is 68.8 cm³/mol. The minimum absolute atomic E-state index is 0.202. The Labute approximate surface area is 119 Å². The number of rotatable bonds is 4. The van der Waals surface area contributed by atoms with Gasteiger partial charge in [-0.2, -0.15) is 13.2 Å². The molecule has 1 N–H and O–H groups in total.